The summed E-state index contributed by atoms with van der Waals surface area (Å²) in [7, 11) is 0. The molecule has 2 heterocycles. The van der Waals surface area contributed by atoms with Gasteiger partial charge in [0.2, 0.25) is 0 Å². The van der Waals surface area contributed by atoms with E-state index in [1.165, 1.54) is 23.5 Å². The van der Waals surface area contributed by atoms with Crippen molar-refractivity contribution < 1.29 is 4.79 Å². The molecule has 4 aromatic rings. The first-order valence-electron chi connectivity index (χ1n) is 9.69. The molecule has 0 aliphatic rings. The Hall–Kier alpha value is -3.43. The molecule has 2 N–H and O–H groups in total. The summed E-state index contributed by atoms with van der Waals surface area (Å²) < 4.78 is 0. The fourth-order valence-electron chi connectivity index (χ4n) is 3.02. The summed E-state index contributed by atoms with van der Waals surface area (Å²) in [5, 5.41) is 7.00. The van der Waals surface area contributed by atoms with Gasteiger partial charge in [-0.25, -0.2) is 24.7 Å². The van der Waals surface area contributed by atoms with Crippen molar-refractivity contribution in [3.63, 3.8) is 0 Å². The van der Waals surface area contributed by atoms with E-state index in [4.69, 9.17) is 0 Å². The molecule has 0 aliphatic carbocycles. The molecule has 0 spiro atoms. The minimum absolute atomic E-state index is 0.430. The monoisotopic (exact) mass is 460 g/mol. The van der Waals surface area contributed by atoms with Gasteiger partial charge in [-0.05, 0) is 12.5 Å². The van der Waals surface area contributed by atoms with Gasteiger partial charge in [-0.2, -0.15) is 0 Å². The lowest BCUT2D eigenvalue weighted by atomic mass is 10.1. The zero-order valence-corrected chi connectivity index (χ0v) is 19.1. The number of carbonyl (C=O) groups excluding carboxylic acids is 1. The average molecular weight is 461 g/mol. The predicted octanol–water partition coefficient (Wildman–Crippen LogP) is 5.69. The molecule has 0 atom stereocenters. The molecule has 0 saturated heterocycles. The van der Waals surface area contributed by atoms with Gasteiger partial charge in [-0.15, -0.1) is 0 Å². The second-order valence-electron chi connectivity index (χ2n) is 6.55. The maximum absolute atomic E-state index is 12.9. The highest BCUT2D eigenvalue weighted by Crippen LogP contribution is 2.29. The summed E-state index contributed by atoms with van der Waals surface area (Å²) in [6.07, 6.45) is 7.05. The Morgan fingerprint density at radius 3 is 1.47 bits per heavy atom. The average Bonchev–Trinajstić information content (AvgIpc) is 2.85. The van der Waals surface area contributed by atoms with Gasteiger partial charge in [0.25, 0.3) is 0 Å². The van der Waals surface area contributed by atoms with Crippen LogP contribution in [0.1, 0.15) is 0 Å². The van der Waals surface area contributed by atoms with Gasteiger partial charge in [-0.3, -0.25) is 0 Å². The molecule has 0 radical (unpaired) electrons. The van der Waals surface area contributed by atoms with Crippen molar-refractivity contribution >= 4 is 40.9 Å². The summed E-state index contributed by atoms with van der Waals surface area (Å²) in [5.41, 5.74) is 4.09. The van der Waals surface area contributed by atoms with Crippen LogP contribution in [-0.2, 0) is 0 Å². The first kappa shape index (κ1) is 21.8. The third kappa shape index (κ3) is 5.06. The number of hydrogen-bond acceptors (Lipinski definition) is 7. The molecule has 2 aromatic heterocycles. The van der Waals surface area contributed by atoms with Crippen LogP contribution >= 0.6 is 23.5 Å². The summed E-state index contributed by atoms with van der Waals surface area (Å²) in [6.45, 7) is 0. The largest absolute Gasteiger partial charge is 0.323 e. The number of urea groups is 1. The zero-order valence-electron chi connectivity index (χ0n) is 17.4. The van der Waals surface area contributed by atoms with Crippen LogP contribution in [0.15, 0.2) is 83.4 Å². The number of nitrogens with one attached hydrogen (secondary N) is 2. The molecule has 9 heteroatoms. The molecule has 160 valence electrons. The Morgan fingerprint density at radius 1 is 0.688 bits per heavy atom. The number of nitrogens with zero attached hydrogens (tertiary/aromatic N) is 4. The molecular formula is C23H20N6OS2. The zero-order chi connectivity index (χ0) is 22.3. The van der Waals surface area contributed by atoms with Crippen molar-refractivity contribution in [1.29, 1.82) is 0 Å². The lowest BCUT2D eigenvalue weighted by Crippen LogP contribution is -2.21. The van der Waals surface area contributed by atoms with Gasteiger partial charge in [0.1, 0.15) is 0 Å². The first-order valence-corrected chi connectivity index (χ1v) is 12.1. The van der Waals surface area contributed by atoms with Crippen molar-refractivity contribution in [3.8, 4) is 22.5 Å². The highest BCUT2D eigenvalue weighted by Gasteiger charge is 2.15. The molecule has 0 aliphatic heterocycles. The summed E-state index contributed by atoms with van der Waals surface area (Å²) in [4.78, 5) is 30.7. The number of carbonyl (C=O) groups is 1. The third-order valence-corrected chi connectivity index (χ3v) is 5.61. The number of aromatic nitrogens is 4. The Bertz CT molecular complexity index is 1130. The van der Waals surface area contributed by atoms with Crippen molar-refractivity contribution in [3.05, 3.63) is 73.1 Å². The van der Waals surface area contributed by atoms with E-state index >= 15 is 0 Å². The van der Waals surface area contributed by atoms with Crippen LogP contribution in [0.2, 0.25) is 0 Å². The van der Waals surface area contributed by atoms with E-state index < -0.39 is 6.03 Å². The first-order chi connectivity index (χ1) is 15.7. The maximum atomic E-state index is 12.9. The molecule has 2 aromatic carbocycles. The number of benzene rings is 2. The van der Waals surface area contributed by atoms with Gasteiger partial charge in [0.05, 0.1) is 35.2 Å². The molecule has 0 unspecified atom stereocenters. The molecule has 0 saturated carbocycles. The summed E-state index contributed by atoms with van der Waals surface area (Å²) in [5.74, 6) is 0. The minimum atomic E-state index is -0.430. The summed E-state index contributed by atoms with van der Waals surface area (Å²) in [6, 6.07) is 18.9. The quantitative estimate of drug-likeness (QED) is 0.282. The van der Waals surface area contributed by atoms with Crippen molar-refractivity contribution in [2.45, 2.75) is 10.3 Å². The molecule has 32 heavy (non-hydrogen) atoms. The topological polar surface area (TPSA) is 92.7 Å². The molecule has 4 rings (SSSR count). The predicted molar refractivity (Wildman–Crippen MR) is 131 cm³/mol. The smallest absolute Gasteiger partial charge is 0.304 e. The van der Waals surface area contributed by atoms with E-state index in [0.717, 1.165) is 11.1 Å². The van der Waals surface area contributed by atoms with Crippen LogP contribution in [0, 0.1) is 0 Å². The van der Waals surface area contributed by atoms with Crippen LogP contribution in [-0.4, -0.2) is 38.5 Å². The second-order valence-corrected chi connectivity index (χ2v) is 8.10. The van der Waals surface area contributed by atoms with Gasteiger partial charge >= 0.3 is 6.03 Å². The van der Waals surface area contributed by atoms with Crippen molar-refractivity contribution in [2.75, 3.05) is 23.1 Å². The lowest BCUT2D eigenvalue weighted by molar-refractivity contribution is 0.262. The Morgan fingerprint density at radius 2 is 1.09 bits per heavy atom. The lowest BCUT2D eigenvalue weighted by Gasteiger charge is -2.14. The van der Waals surface area contributed by atoms with E-state index in [1.54, 1.807) is 12.4 Å². The van der Waals surface area contributed by atoms with Gasteiger partial charge in [0.15, 0.2) is 10.3 Å². The molecular weight excluding hydrogens is 440 g/mol. The fraction of sp³-hybridized carbons (Fsp3) is 0.0870. The number of rotatable bonds is 6. The molecule has 7 nitrogen and oxygen atoms in total. The summed E-state index contributed by atoms with van der Waals surface area (Å²) >= 11 is 2.88. The van der Waals surface area contributed by atoms with Gasteiger partial charge in [0, 0.05) is 11.1 Å². The maximum Gasteiger partial charge on any atom is 0.323 e. The van der Waals surface area contributed by atoms with E-state index in [1.807, 2.05) is 73.2 Å². The van der Waals surface area contributed by atoms with Crippen LogP contribution in [0.4, 0.5) is 16.2 Å². The van der Waals surface area contributed by atoms with Crippen molar-refractivity contribution in [1.82, 2.24) is 19.9 Å². The molecule has 2 amide bonds. The Kier molecular flexibility index (Phi) is 6.98. The van der Waals surface area contributed by atoms with E-state index in [0.29, 0.717) is 33.1 Å². The van der Waals surface area contributed by atoms with Gasteiger partial charge in [-0.1, -0.05) is 84.2 Å². The number of amides is 2. The Balaban J connectivity index is 1.63. The third-order valence-electron chi connectivity index (χ3n) is 4.49. The SMILES string of the molecule is CSc1ncc(NC(=O)Nc2cnc(SC)nc2-c2ccccc2)c(-c2ccccc2)n1. The van der Waals surface area contributed by atoms with Crippen LogP contribution in [0.3, 0.4) is 0 Å². The standard InChI is InChI=1S/C23H20N6OS2/c1-31-22-24-13-17(19(28-22)15-9-5-3-6-10-15)26-21(30)27-18-14-25-23(32-2)29-20(18)16-11-7-4-8-12-16/h3-14H,1-2H3,(H2,26,27,30). The fourth-order valence-corrected chi connectivity index (χ4v) is 3.70. The van der Waals surface area contributed by atoms with Gasteiger partial charge < -0.3 is 10.6 Å². The number of hydrogen-bond donors (Lipinski definition) is 2. The Labute approximate surface area is 194 Å². The molecule has 0 bridgehead atoms. The molecule has 0 fully saturated rings. The number of anilines is 2. The van der Waals surface area contributed by atoms with Crippen LogP contribution in [0.25, 0.3) is 22.5 Å². The van der Waals surface area contributed by atoms with E-state index in [-0.39, 0.29) is 0 Å². The number of thioether (sulfide) groups is 2. The highest BCUT2D eigenvalue weighted by atomic mass is 32.2. The highest BCUT2D eigenvalue weighted by molar-refractivity contribution is 7.98. The normalized spacial score (nSPS) is 10.6. The minimum Gasteiger partial charge on any atom is -0.304 e. The van der Waals surface area contributed by atoms with E-state index in [9.17, 15) is 4.79 Å². The van der Waals surface area contributed by atoms with E-state index in [2.05, 4.69) is 30.6 Å². The van der Waals surface area contributed by atoms with Crippen LogP contribution < -0.4 is 10.6 Å². The van der Waals surface area contributed by atoms with Crippen LogP contribution in [0.5, 0.6) is 0 Å². The second kappa shape index (κ2) is 10.3. The van der Waals surface area contributed by atoms with Crippen molar-refractivity contribution in [2.24, 2.45) is 0 Å².